The van der Waals surface area contributed by atoms with Gasteiger partial charge in [-0.1, -0.05) is 12.1 Å². The number of hydrogen-bond donors (Lipinski definition) is 2. The van der Waals surface area contributed by atoms with Gasteiger partial charge in [0.1, 0.15) is 5.82 Å². The first-order valence-electron chi connectivity index (χ1n) is 5.84. The number of carbonyl (C=O) groups is 1. The van der Waals surface area contributed by atoms with Crippen LogP contribution in [0.25, 0.3) is 6.08 Å². The summed E-state index contributed by atoms with van der Waals surface area (Å²) in [6, 6.07) is 11.5. The molecule has 0 fully saturated rings. The minimum absolute atomic E-state index is 0.339. The smallest absolute Gasteiger partial charge is 0.248 e. The highest BCUT2D eigenvalue weighted by Gasteiger charge is 2.02. The first kappa shape index (κ1) is 14.3. The molecule has 0 radical (unpaired) electrons. The molecule has 2 rings (SSSR count). The molecular weight excluding hydrogens is 323 g/mol. The first-order valence-corrected chi connectivity index (χ1v) is 6.63. The van der Waals surface area contributed by atoms with Gasteiger partial charge in [-0.2, -0.15) is 0 Å². The van der Waals surface area contributed by atoms with Crippen LogP contribution in [0.15, 0.2) is 53.0 Å². The second-order valence-electron chi connectivity index (χ2n) is 4.12. The summed E-state index contributed by atoms with van der Waals surface area (Å²) in [6.45, 7) is 0. The lowest BCUT2D eigenvalue weighted by Crippen LogP contribution is -2.07. The molecule has 0 aliphatic carbocycles. The average molecular weight is 335 g/mol. The van der Waals surface area contributed by atoms with Crippen LogP contribution in [0, 0.1) is 5.82 Å². The van der Waals surface area contributed by atoms with E-state index in [9.17, 15) is 9.18 Å². The van der Waals surface area contributed by atoms with Crippen molar-refractivity contribution in [1.29, 1.82) is 0 Å². The molecule has 3 nitrogen and oxygen atoms in total. The predicted octanol–water partition coefficient (Wildman–Crippen LogP) is 3.82. The van der Waals surface area contributed by atoms with Crippen LogP contribution in [0.1, 0.15) is 5.56 Å². The summed E-state index contributed by atoms with van der Waals surface area (Å²) in [5.41, 5.74) is 7.48. The predicted molar refractivity (Wildman–Crippen MR) is 82.6 cm³/mol. The number of rotatable bonds is 3. The molecule has 0 atom stereocenters. The highest BCUT2D eigenvalue weighted by molar-refractivity contribution is 9.10. The van der Waals surface area contributed by atoms with E-state index in [0.29, 0.717) is 15.8 Å². The third kappa shape index (κ3) is 3.93. The maximum absolute atomic E-state index is 13.3. The van der Waals surface area contributed by atoms with E-state index in [1.54, 1.807) is 30.3 Å². The fraction of sp³-hybridized carbons (Fsp3) is 0. The number of nitrogens with one attached hydrogen (secondary N) is 1. The van der Waals surface area contributed by atoms with E-state index in [0.717, 1.165) is 5.56 Å². The minimum Gasteiger partial charge on any atom is -0.399 e. The molecule has 1 amide bonds. The quantitative estimate of drug-likeness (QED) is 0.662. The van der Waals surface area contributed by atoms with Crippen LogP contribution >= 0.6 is 15.9 Å². The van der Waals surface area contributed by atoms with Crippen molar-refractivity contribution >= 4 is 39.3 Å². The Kier molecular flexibility index (Phi) is 4.53. The monoisotopic (exact) mass is 334 g/mol. The van der Waals surface area contributed by atoms with Crippen LogP contribution in [0.5, 0.6) is 0 Å². The number of anilines is 2. The largest absolute Gasteiger partial charge is 0.399 e. The SMILES string of the molecule is Nc1cccc(/C=C/C(=O)Nc2ccc(Br)c(F)c2)c1. The third-order valence-electron chi connectivity index (χ3n) is 2.52. The number of benzene rings is 2. The summed E-state index contributed by atoms with van der Waals surface area (Å²) < 4.78 is 13.6. The molecule has 0 spiro atoms. The first-order chi connectivity index (χ1) is 9.54. The van der Waals surface area contributed by atoms with Gasteiger partial charge in [-0.15, -0.1) is 0 Å². The maximum Gasteiger partial charge on any atom is 0.248 e. The Morgan fingerprint density at radius 3 is 2.75 bits per heavy atom. The Labute approximate surface area is 124 Å². The molecule has 5 heteroatoms. The molecule has 0 saturated heterocycles. The Bertz CT molecular complexity index is 671. The lowest BCUT2D eigenvalue weighted by atomic mass is 10.2. The zero-order valence-electron chi connectivity index (χ0n) is 10.4. The molecule has 20 heavy (non-hydrogen) atoms. The van der Waals surface area contributed by atoms with E-state index in [1.807, 2.05) is 6.07 Å². The summed E-state index contributed by atoms with van der Waals surface area (Å²) in [7, 11) is 0. The molecule has 0 heterocycles. The molecule has 0 unspecified atom stereocenters. The Morgan fingerprint density at radius 1 is 1.25 bits per heavy atom. The van der Waals surface area contributed by atoms with Crippen molar-refractivity contribution in [3.05, 3.63) is 64.4 Å². The van der Waals surface area contributed by atoms with E-state index in [-0.39, 0.29) is 5.91 Å². The standard InChI is InChI=1S/C15H12BrFN2O/c16-13-6-5-12(9-14(13)17)19-15(20)7-4-10-2-1-3-11(18)8-10/h1-9H,18H2,(H,19,20)/b7-4+. The number of nitrogens with two attached hydrogens (primary N) is 1. The highest BCUT2D eigenvalue weighted by Crippen LogP contribution is 2.19. The van der Waals surface area contributed by atoms with Crippen LogP contribution in [0.4, 0.5) is 15.8 Å². The van der Waals surface area contributed by atoms with Crippen LogP contribution in [0.3, 0.4) is 0 Å². The molecule has 0 aliphatic rings. The highest BCUT2D eigenvalue weighted by atomic mass is 79.9. The van der Waals surface area contributed by atoms with Gasteiger partial charge in [0.05, 0.1) is 4.47 Å². The molecule has 0 saturated carbocycles. The van der Waals surface area contributed by atoms with Crippen molar-refractivity contribution < 1.29 is 9.18 Å². The zero-order chi connectivity index (χ0) is 14.5. The number of halogens is 2. The van der Waals surface area contributed by atoms with Crippen molar-refractivity contribution in [2.75, 3.05) is 11.1 Å². The van der Waals surface area contributed by atoms with Gasteiger partial charge in [0.25, 0.3) is 0 Å². The van der Waals surface area contributed by atoms with Crippen molar-refractivity contribution in [2.45, 2.75) is 0 Å². The average Bonchev–Trinajstić information content (AvgIpc) is 2.41. The van der Waals surface area contributed by atoms with Gasteiger partial charge >= 0.3 is 0 Å². The summed E-state index contributed by atoms with van der Waals surface area (Å²) in [4.78, 5) is 11.7. The molecule has 2 aromatic rings. The van der Waals surface area contributed by atoms with Crippen LogP contribution in [0.2, 0.25) is 0 Å². The van der Waals surface area contributed by atoms with Gasteiger partial charge < -0.3 is 11.1 Å². The van der Waals surface area contributed by atoms with E-state index in [2.05, 4.69) is 21.2 Å². The van der Waals surface area contributed by atoms with E-state index >= 15 is 0 Å². The molecule has 102 valence electrons. The third-order valence-corrected chi connectivity index (χ3v) is 3.17. The zero-order valence-corrected chi connectivity index (χ0v) is 12.0. The summed E-state index contributed by atoms with van der Waals surface area (Å²) in [5.74, 6) is -0.767. The summed E-state index contributed by atoms with van der Waals surface area (Å²) in [5, 5.41) is 2.58. The van der Waals surface area contributed by atoms with Crippen molar-refractivity contribution in [3.8, 4) is 0 Å². The normalized spacial score (nSPS) is 10.7. The number of amides is 1. The number of carbonyl (C=O) groups excluding carboxylic acids is 1. The van der Waals surface area contributed by atoms with Crippen molar-refractivity contribution in [1.82, 2.24) is 0 Å². The van der Waals surface area contributed by atoms with E-state index < -0.39 is 5.82 Å². The van der Waals surface area contributed by atoms with Gasteiger partial charge in [0.2, 0.25) is 5.91 Å². The summed E-state index contributed by atoms with van der Waals surface area (Å²) >= 11 is 3.05. The van der Waals surface area contributed by atoms with Gasteiger partial charge in [-0.25, -0.2) is 4.39 Å². The lowest BCUT2D eigenvalue weighted by Gasteiger charge is -2.03. The number of nitrogen functional groups attached to an aromatic ring is 1. The van der Waals surface area contributed by atoms with E-state index in [4.69, 9.17) is 5.73 Å². The molecule has 3 N–H and O–H groups in total. The molecule has 0 aromatic heterocycles. The maximum atomic E-state index is 13.3. The molecule has 0 bridgehead atoms. The van der Waals surface area contributed by atoms with Crippen LogP contribution < -0.4 is 11.1 Å². The topological polar surface area (TPSA) is 55.1 Å². The van der Waals surface area contributed by atoms with Gasteiger partial charge in [0, 0.05) is 17.5 Å². The molecular formula is C15H12BrFN2O. The van der Waals surface area contributed by atoms with Crippen LogP contribution in [-0.4, -0.2) is 5.91 Å². The van der Waals surface area contributed by atoms with Crippen LogP contribution in [-0.2, 0) is 4.79 Å². The Balaban J connectivity index is 2.03. The van der Waals surface area contributed by atoms with Gasteiger partial charge in [-0.3, -0.25) is 4.79 Å². The van der Waals surface area contributed by atoms with Gasteiger partial charge in [-0.05, 0) is 57.9 Å². The fourth-order valence-corrected chi connectivity index (χ4v) is 1.84. The fourth-order valence-electron chi connectivity index (χ4n) is 1.59. The molecule has 2 aromatic carbocycles. The van der Waals surface area contributed by atoms with E-state index in [1.165, 1.54) is 18.2 Å². The van der Waals surface area contributed by atoms with Gasteiger partial charge in [0.15, 0.2) is 0 Å². The Morgan fingerprint density at radius 2 is 2.05 bits per heavy atom. The molecule has 0 aliphatic heterocycles. The number of hydrogen-bond acceptors (Lipinski definition) is 2. The minimum atomic E-state index is -0.428. The second kappa shape index (κ2) is 6.34. The summed E-state index contributed by atoms with van der Waals surface area (Å²) in [6.07, 6.45) is 3.01. The second-order valence-corrected chi connectivity index (χ2v) is 4.98. The Hall–Kier alpha value is -2.14. The van der Waals surface area contributed by atoms with Crippen molar-refractivity contribution in [2.24, 2.45) is 0 Å². The lowest BCUT2D eigenvalue weighted by molar-refractivity contribution is -0.111. The van der Waals surface area contributed by atoms with Crippen molar-refractivity contribution in [3.63, 3.8) is 0 Å².